The van der Waals surface area contributed by atoms with E-state index in [2.05, 4.69) is 18.7 Å². The molecule has 0 aliphatic carbocycles. The fourth-order valence-electron chi connectivity index (χ4n) is 4.14. The number of carbonyl (C=O) groups is 1. The first-order valence-electron chi connectivity index (χ1n) is 10.3. The molecule has 156 valence electrons. The molecule has 0 fully saturated rings. The van der Waals surface area contributed by atoms with E-state index in [0.717, 1.165) is 25.2 Å². The number of hydrogen-bond acceptors (Lipinski definition) is 5. The number of ether oxygens (including phenoxy) is 1. The van der Waals surface area contributed by atoms with Crippen LogP contribution in [-0.2, 0) is 0 Å². The number of methoxy groups -OCH3 is 1. The molecule has 2 aromatic carbocycles. The molecule has 0 saturated heterocycles. The highest BCUT2D eigenvalue weighted by Gasteiger charge is 2.42. The molecule has 30 heavy (non-hydrogen) atoms. The molecule has 6 nitrogen and oxygen atoms in total. The average molecular weight is 406 g/mol. The van der Waals surface area contributed by atoms with Gasteiger partial charge in [0.2, 0.25) is 5.76 Å². The van der Waals surface area contributed by atoms with Crippen LogP contribution in [0.25, 0.3) is 11.0 Å². The Morgan fingerprint density at radius 2 is 1.83 bits per heavy atom. The molecule has 3 aromatic rings. The normalized spacial score (nSPS) is 15.8. The standard InChI is InChI=1S/C24H26N2O4/c1-4-25(5-2)13-14-26-21(16-9-8-10-17(15-16)29-3)20-22(27)18-11-6-7-12-19(18)30-23(20)24(26)28/h6-12,15,21H,4-5,13-14H2,1-3H3/t21-/m0/s1. The van der Waals surface area contributed by atoms with Gasteiger partial charge in [0.05, 0.1) is 24.1 Å². The van der Waals surface area contributed by atoms with Crippen molar-refractivity contribution in [3.63, 3.8) is 0 Å². The maximum atomic E-state index is 13.4. The third kappa shape index (κ3) is 3.37. The molecule has 4 rings (SSSR count). The van der Waals surface area contributed by atoms with Crippen LogP contribution >= 0.6 is 0 Å². The van der Waals surface area contributed by atoms with E-state index in [4.69, 9.17) is 9.15 Å². The number of hydrogen-bond donors (Lipinski definition) is 0. The monoisotopic (exact) mass is 406 g/mol. The van der Waals surface area contributed by atoms with Crippen molar-refractivity contribution < 1.29 is 13.9 Å². The van der Waals surface area contributed by atoms with Crippen LogP contribution in [0.4, 0.5) is 0 Å². The second-order valence-corrected chi connectivity index (χ2v) is 7.37. The molecule has 0 radical (unpaired) electrons. The first kappa shape index (κ1) is 20.2. The molecular formula is C24H26N2O4. The smallest absolute Gasteiger partial charge is 0.290 e. The number of carbonyl (C=O) groups excluding carboxylic acids is 1. The number of likely N-dealkylation sites (N-methyl/N-ethyl adjacent to an activating group) is 1. The molecule has 1 amide bonds. The molecule has 1 aliphatic heterocycles. The fraction of sp³-hybridized carbons (Fsp3) is 0.333. The van der Waals surface area contributed by atoms with E-state index in [1.54, 1.807) is 36.3 Å². The Hall–Kier alpha value is -3.12. The van der Waals surface area contributed by atoms with E-state index < -0.39 is 6.04 Å². The topological polar surface area (TPSA) is 63.0 Å². The van der Waals surface area contributed by atoms with Gasteiger partial charge in [0, 0.05) is 13.1 Å². The fourth-order valence-corrected chi connectivity index (χ4v) is 4.14. The van der Waals surface area contributed by atoms with Crippen LogP contribution in [0.5, 0.6) is 5.75 Å². The van der Waals surface area contributed by atoms with Gasteiger partial charge in [-0.1, -0.05) is 38.1 Å². The molecule has 0 spiro atoms. The third-order valence-electron chi connectivity index (χ3n) is 5.83. The predicted molar refractivity (Wildman–Crippen MR) is 116 cm³/mol. The Labute approximate surface area is 175 Å². The van der Waals surface area contributed by atoms with Gasteiger partial charge >= 0.3 is 0 Å². The van der Waals surface area contributed by atoms with Gasteiger partial charge in [-0.2, -0.15) is 0 Å². The van der Waals surface area contributed by atoms with Gasteiger partial charge in [0.1, 0.15) is 11.3 Å². The Balaban J connectivity index is 1.87. The molecule has 1 aliphatic rings. The van der Waals surface area contributed by atoms with Gasteiger partial charge in [-0.25, -0.2) is 0 Å². The van der Waals surface area contributed by atoms with Crippen molar-refractivity contribution in [2.24, 2.45) is 0 Å². The Bertz CT molecular complexity index is 1130. The second-order valence-electron chi connectivity index (χ2n) is 7.37. The van der Waals surface area contributed by atoms with Crippen LogP contribution in [0.15, 0.2) is 57.7 Å². The molecule has 6 heteroatoms. The summed E-state index contributed by atoms with van der Waals surface area (Å²) in [5.41, 5.74) is 1.53. The Kier molecular flexibility index (Phi) is 5.59. The Morgan fingerprint density at radius 3 is 2.57 bits per heavy atom. The van der Waals surface area contributed by atoms with Crippen molar-refractivity contribution in [1.29, 1.82) is 0 Å². The van der Waals surface area contributed by atoms with Gasteiger partial charge in [-0.15, -0.1) is 0 Å². The van der Waals surface area contributed by atoms with Crippen LogP contribution in [0.2, 0.25) is 0 Å². The number of benzene rings is 2. The zero-order chi connectivity index (χ0) is 21.3. The number of para-hydroxylation sites is 1. The van der Waals surface area contributed by atoms with Crippen molar-refractivity contribution in [2.45, 2.75) is 19.9 Å². The maximum absolute atomic E-state index is 13.4. The van der Waals surface area contributed by atoms with Crippen molar-refractivity contribution in [3.8, 4) is 5.75 Å². The lowest BCUT2D eigenvalue weighted by molar-refractivity contribution is 0.0708. The highest BCUT2D eigenvalue weighted by atomic mass is 16.5. The summed E-state index contributed by atoms with van der Waals surface area (Å²) < 4.78 is 11.3. The molecule has 0 unspecified atom stereocenters. The minimum atomic E-state index is -0.501. The number of fused-ring (bicyclic) bond motifs is 2. The van der Waals surface area contributed by atoms with Crippen LogP contribution in [0.3, 0.4) is 0 Å². The van der Waals surface area contributed by atoms with E-state index in [9.17, 15) is 9.59 Å². The van der Waals surface area contributed by atoms with Crippen molar-refractivity contribution >= 4 is 16.9 Å². The summed E-state index contributed by atoms with van der Waals surface area (Å²) in [7, 11) is 1.60. The highest BCUT2D eigenvalue weighted by molar-refractivity contribution is 5.99. The SMILES string of the molecule is CCN(CC)CCN1C(=O)c2oc3ccccc3c(=O)c2[C@@H]1c1cccc(OC)c1. The Morgan fingerprint density at radius 1 is 1.07 bits per heavy atom. The van der Waals surface area contributed by atoms with Crippen molar-refractivity contribution in [3.05, 3.63) is 75.6 Å². The lowest BCUT2D eigenvalue weighted by atomic mass is 9.98. The molecule has 2 heterocycles. The van der Waals surface area contributed by atoms with Gasteiger partial charge in [0.15, 0.2) is 5.43 Å². The minimum Gasteiger partial charge on any atom is -0.497 e. The summed E-state index contributed by atoms with van der Waals surface area (Å²) in [6.07, 6.45) is 0. The summed E-state index contributed by atoms with van der Waals surface area (Å²) in [5.74, 6) is 0.584. The summed E-state index contributed by atoms with van der Waals surface area (Å²) in [5, 5.41) is 0.488. The molecule has 0 bridgehead atoms. The largest absolute Gasteiger partial charge is 0.497 e. The van der Waals surface area contributed by atoms with Gasteiger partial charge in [-0.05, 0) is 42.9 Å². The quantitative estimate of drug-likeness (QED) is 0.599. The predicted octanol–water partition coefficient (Wildman–Crippen LogP) is 3.69. The van der Waals surface area contributed by atoms with E-state index in [1.807, 2.05) is 24.3 Å². The summed E-state index contributed by atoms with van der Waals surface area (Å²) in [4.78, 5) is 30.8. The lowest BCUT2D eigenvalue weighted by Crippen LogP contribution is -2.37. The summed E-state index contributed by atoms with van der Waals surface area (Å²) >= 11 is 0. The van der Waals surface area contributed by atoms with E-state index >= 15 is 0 Å². The maximum Gasteiger partial charge on any atom is 0.290 e. The molecule has 0 N–H and O–H groups in total. The summed E-state index contributed by atoms with van der Waals surface area (Å²) in [6.45, 7) is 7.22. The van der Waals surface area contributed by atoms with Crippen molar-refractivity contribution in [2.75, 3.05) is 33.3 Å². The minimum absolute atomic E-state index is 0.145. The van der Waals surface area contributed by atoms with E-state index in [0.29, 0.717) is 28.8 Å². The molecule has 1 atom stereocenters. The van der Waals surface area contributed by atoms with Crippen LogP contribution < -0.4 is 10.2 Å². The van der Waals surface area contributed by atoms with Crippen LogP contribution in [0.1, 0.15) is 41.6 Å². The van der Waals surface area contributed by atoms with E-state index in [-0.39, 0.29) is 17.1 Å². The molecular weight excluding hydrogens is 380 g/mol. The number of amides is 1. The first-order chi connectivity index (χ1) is 14.6. The zero-order valence-corrected chi connectivity index (χ0v) is 17.6. The van der Waals surface area contributed by atoms with Gasteiger partial charge < -0.3 is 19.0 Å². The molecule has 0 saturated carbocycles. The van der Waals surface area contributed by atoms with Gasteiger partial charge in [-0.3, -0.25) is 9.59 Å². The zero-order valence-electron chi connectivity index (χ0n) is 17.6. The number of nitrogens with zero attached hydrogens (tertiary/aromatic N) is 2. The van der Waals surface area contributed by atoms with Crippen LogP contribution in [-0.4, -0.2) is 49.0 Å². The number of rotatable bonds is 7. The van der Waals surface area contributed by atoms with Gasteiger partial charge in [0.25, 0.3) is 5.91 Å². The van der Waals surface area contributed by atoms with E-state index in [1.165, 1.54) is 0 Å². The highest BCUT2D eigenvalue weighted by Crippen LogP contribution is 2.38. The summed E-state index contributed by atoms with van der Waals surface area (Å²) in [6, 6.07) is 14.1. The average Bonchev–Trinajstić information content (AvgIpc) is 3.06. The van der Waals surface area contributed by atoms with Crippen LogP contribution in [0, 0.1) is 0 Å². The first-order valence-corrected chi connectivity index (χ1v) is 10.3. The van der Waals surface area contributed by atoms with Crippen molar-refractivity contribution in [1.82, 2.24) is 9.80 Å². The molecule has 1 aromatic heterocycles. The second kappa shape index (κ2) is 8.32. The third-order valence-corrected chi connectivity index (χ3v) is 5.83. The lowest BCUT2D eigenvalue weighted by Gasteiger charge is -2.28.